The van der Waals surface area contributed by atoms with Gasteiger partial charge in [0.15, 0.2) is 5.75 Å². The van der Waals surface area contributed by atoms with Crippen LogP contribution in [0.15, 0.2) is 30.4 Å². The Bertz CT molecular complexity index is 449. The van der Waals surface area contributed by atoms with E-state index < -0.39 is 10.7 Å². The second-order valence-electron chi connectivity index (χ2n) is 3.69. The molecule has 0 aliphatic heterocycles. The Morgan fingerprint density at radius 3 is 2.94 bits per heavy atom. The van der Waals surface area contributed by atoms with Crippen LogP contribution in [0.1, 0.15) is 6.92 Å². The number of nitro groups is 1. The van der Waals surface area contributed by atoms with E-state index in [0.717, 1.165) is 24.3 Å². The van der Waals surface area contributed by atoms with Gasteiger partial charge in [0.05, 0.1) is 11.0 Å². The van der Waals surface area contributed by atoms with Crippen molar-refractivity contribution in [1.82, 2.24) is 5.32 Å². The Kier molecular flexibility index (Phi) is 5.26. The highest BCUT2D eigenvalue weighted by molar-refractivity contribution is 5.46. The number of benzene rings is 1. The van der Waals surface area contributed by atoms with Crippen LogP contribution >= 0.6 is 0 Å². The molecular weight excluding hydrogens is 239 g/mol. The molecule has 0 aromatic heterocycles. The van der Waals surface area contributed by atoms with Gasteiger partial charge >= 0.3 is 5.69 Å². The number of ether oxygens (including phenoxy) is 1. The van der Waals surface area contributed by atoms with Crippen LogP contribution in [0.3, 0.4) is 0 Å². The quantitative estimate of drug-likeness (QED) is 0.460. The molecule has 0 unspecified atom stereocenters. The van der Waals surface area contributed by atoms with E-state index in [0.29, 0.717) is 6.54 Å². The van der Waals surface area contributed by atoms with Gasteiger partial charge in [-0.3, -0.25) is 10.1 Å². The molecule has 1 N–H and O–H groups in total. The first-order chi connectivity index (χ1) is 8.54. The lowest BCUT2D eigenvalue weighted by Gasteiger charge is -2.09. The lowest BCUT2D eigenvalue weighted by atomic mass is 10.3. The normalized spacial score (nSPS) is 10.1. The summed E-state index contributed by atoms with van der Waals surface area (Å²) in [5.74, 6) is -0.625. The maximum Gasteiger partial charge on any atom is 0.313 e. The second kappa shape index (κ2) is 6.70. The predicted octanol–water partition coefficient (Wildman–Crippen LogP) is 2.28. The Labute approximate surface area is 104 Å². The molecule has 0 atom stereocenters. The highest BCUT2D eigenvalue weighted by atomic mass is 19.1. The summed E-state index contributed by atoms with van der Waals surface area (Å²) in [4.78, 5) is 10.0. The molecule has 0 aliphatic rings. The Balaban J connectivity index is 2.67. The first kappa shape index (κ1) is 14.1. The Morgan fingerprint density at radius 1 is 1.61 bits per heavy atom. The smallest absolute Gasteiger partial charge is 0.313 e. The zero-order valence-corrected chi connectivity index (χ0v) is 10.1. The summed E-state index contributed by atoms with van der Waals surface area (Å²) in [5.41, 5.74) is 0.377. The van der Waals surface area contributed by atoms with E-state index in [-0.39, 0.29) is 18.0 Å². The molecule has 0 fully saturated rings. The molecular formula is C12H15FN2O3. The molecule has 1 rings (SSSR count). The molecule has 0 heterocycles. The van der Waals surface area contributed by atoms with E-state index >= 15 is 0 Å². The summed E-state index contributed by atoms with van der Waals surface area (Å²) in [6.45, 7) is 7.25. The van der Waals surface area contributed by atoms with Crippen LogP contribution in [0.2, 0.25) is 0 Å². The van der Waals surface area contributed by atoms with Crippen molar-refractivity contribution in [2.24, 2.45) is 0 Å². The van der Waals surface area contributed by atoms with Gasteiger partial charge in [-0.25, -0.2) is 4.39 Å². The van der Waals surface area contributed by atoms with Crippen molar-refractivity contribution in [3.63, 3.8) is 0 Å². The summed E-state index contributed by atoms with van der Waals surface area (Å²) in [7, 11) is 0. The highest BCUT2D eigenvalue weighted by Gasteiger charge is 2.16. The summed E-state index contributed by atoms with van der Waals surface area (Å²) >= 11 is 0. The Hall–Kier alpha value is -1.95. The van der Waals surface area contributed by atoms with Gasteiger partial charge in [0.2, 0.25) is 0 Å². The van der Waals surface area contributed by atoms with Crippen molar-refractivity contribution < 1.29 is 14.1 Å². The summed E-state index contributed by atoms with van der Waals surface area (Å²) in [6.07, 6.45) is 0. The second-order valence-corrected chi connectivity index (χ2v) is 3.69. The number of nitrogens with one attached hydrogen (secondary N) is 1. The maximum atomic E-state index is 12.9. The maximum absolute atomic E-state index is 12.9. The van der Waals surface area contributed by atoms with E-state index in [9.17, 15) is 14.5 Å². The molecule has 1 aromatic rings. The first-order valence-corrected chi connectivity index (χ1v) is 5.48. The average molecular weight is 254 g/mol. The standard InChI is InChI=1S/C12H15FN2O3/c1-3-14-7-9(2)8-18-12-5-4-10(13)6-11(12)15(16)17/h4-6,14H,2-3,7-8H2,1H3. The number of rotatable bonds is 7. The van der Waals surface area contributed by atoms with Crippen molar-refractivity contribution >= 4 is 5.69 Å². The topological polar surface area (TPSA) is 64.4 Å². The van der Waals surface area contributed by atoms with Crippen LogP contribution in [0.4, 0.5) is 10.1 Å². The van der Waals surface area contributed by atoms with Crippen molar-refractivity contribution in [2.45, 2.75) is 6.92 Å². The van der Waals surface area contributed by atoms with Gasteiger partial charge < -0.3 is 10.1 Å². The number of nitrogens with zero attached hydrogens (tertiary/aromatic N) is 1. The molecule has 18 heavy (non-hydrogen) atoms. The first-order valence-electron chi connectivity index (χ1n) is 5.48. The van der Waals surface area contributed by atoms with Crippen molar-refractivity contribution in [1.29, 1.82) is 0 Å². The van der Waals surface area contributed by atoms with Gasteiger partial charge in [-0.15, -0.1) is 0 Å². The van der Waals surface area contributed by atoms with Crippen molar-refractivity contribution in [3.05, 3.63) is 46.3 Å². The molecule has 0 amide bonds. The largest absolute Gasteiger partial charge is 0.482 e. The number of hydrogen-bond acceptors (Lipinski definition) is 4. The summed E-state index contributed by atoms with van der Waals surface area (Å²) in [6, 6.07) is 3.20. The fraction of sp³-hybridized carbons (Fsp3) is 0.333. The highest BCUT2D eigenvalue weighted by Crippen LogP contribution is 2.27. The van der Waals surface area contributed by atoms with Gasteiger partial charge in [0.25, 0.3) is 0 Å². The minimum Gasteiger partial charge on any atom is -0.482 e. The molecule has 0 spiro atoms. The molecule has 0 saturated heterocycles. The molecule has 0 saturated carbocycles. The van der Waals surface area contributed by atoms with E-state index in [1.54, 1.807) is 0 Å². The number of hydrogen-bond donors (Lipinski definition) is 1. The number of nitro benzene ring substituents is 1. The zero-order valence-electron chi connectivity index (χ0n) is 10.1. The SMILES string of the molecule is C=C(CNCC)COc1ccc(F)cc1[N+](=O)[O-]. The fourth-order valence-corrected chi connectivity index (χ4v) is 1.29. The zero-order chi connectivity index (χ0) is 13.5. The summed E-state index contributed by atoms with van der Waals surface area (Å²) in [5, 5.41) is 13.8. The third kappa shape index (κ3) is 4.14. The van der Waals surface area contributed by atoms with E-state index in [1.807, 2.05) is 6.92 Å². The van der Waals surface area contributed by atoms with Crippen LogP contribution in [0, 0.1) is 15.9 Å². The molecule has 0 aliphatic carbocycles. The van der Waals surface area contributed by atoms with Crippen LogP contribution < -0.4 is 10.1 Å². The van der Waals surface area contributed by atoms with E-state index in [2.05, 4.69) is 11.9 Å². The van der Waals surface area contributed by atoms with Crippen LogP contribution in [-0.2, 0) is 0 Å². The third-order valence-corrected chi connectivity index (χ3v) is 2.17. The lowest BCUT2D eigenvalue weighted by molar-refractivity contribution is -0.386. The molecule has 98 valence electrons. The number of likely N-dealkylation sites (N-methyl/N-ethyl adjacent to an activating group) is 1. The minimum atomic E-state index is -0.675. The van der Waals surface area contributed by atoms with Gasteiger partial charge in [-0.05, 0) is 24.3 Å². The molecule has 5 nitrogen and oxygen atoms in total. The van der Waals surface area contributed by atoms with Gasteiger partial charge in [-0.2, -0.15) is 0 Å². The van der Waals surface area contributed by atoms with E-state index in [1.165, 1.54) is 6.07 Å². The lowest BCUT2D eigenvalue weighted by Crippen LogP contribution is -2.19. The third-order valence-electron chi connectivity index (χ3n) is 2.17. The molecule has 0 radical (unpaired) electrons. The molecule has 6 heteroatoms. The molecule has 1 aromatic carbocycles. The fourth-order valence-electron chi connectivity index (χ4n) is 1.29. The predicted molar refractivity (Wildman–Crippen MR) is 66.2 cm³/mol. The van der Waals surface area contributed by atoms with Crippen molar-refractivity contribution in [2.75, 3.05) is 19.7 Å². The molecule has 0 bridgehead atoms. The van der Waals surface area contributed by atoms with E-state index in [4.69, 9.17) is 4.74 Å². The van der Waals surface area contributed by atoms with Gasteiger partial charge in [0, 0.05) is 6.54 Å². The monoisotopic (exact) mass is 254 g/mol. The van der Waals surface area contributed by atoms with Crippen molar-refractivity contribution in [3.8, 4) is 5.75 Å². The average Bonchev–Trinajstić information content (AvgIpc) is 2.34. The van der Waals surface area contributed by atoms with Crippen LogP contribution in [0.25, 0.3) is 0 Å². The minimum absolute atomic E-state index is 0.0408. The van der Waals surface area contributed by atoms with Crippen LogP contribution in [0.5, 0.6) is 5.75 Å². The van der Waals surface area contributed by atoms with Gasteiger partial charge in [-0.1, -0.05) is 13.5 Å². The Morgan fingerprint density at radius 2 is 2.33 bits per heavy atom. The van der Waals surface area contributed by atoms with Gasteiger partial charge in [0.1, 0.15) is 12.4 Å². The number of halogens is 1. The summed E-state index contributed by atoms with van der Waals surface area (Å²) < 4.78 is 18.1. The van der Waals surface area contributed by atoms with Crippen LogP contribution in [-0.4, -0.2) is 24.6 Å².